The highest BCUT2D eigenvalue weighted by Gasteiger charge is 2.36. The van der Waals surface area contributed by atoms with Gasteiger partial charge in [-0.15, -0.1) is 0 Å². The van der Waals surface area contributed by atoms with Gasteiger partial charge in [-0.05, 0) is 32.4 Å². The number of hydrogen-bond acceptors (Lipinski definition) is 7. The fourth-order valence-corrected chi connectivity index (χ4v) is 3.00. The van der Waals surface area contributed by atoms with Crippen molar-refractivity contribution in [1.29, 1.82) is 0 Å². The molecule has 1 saturated heterocycles. The average molecular weight is 420 g/mol. The van der Waals surface area contributed by atoms with Crippen LogP contribution in [0.3, 0.4) is 0 Å². The molecule has 2 N–H and O–H groups in total. The van der Waals surface area contributed by atoms with Crippen LogP contribution >= 0.6 is 0 Å². The predicted octanol–water partition coefficient (Wildman–Crippen LogP) is 1.27. The number of Topliss-reactive ketones (excluding diaryl/α,β-unsaturated/α-hetero) is 1. The summed E-state index contributed by atoms with van der Waals surface area (Å²) in [4.78, 5) is 48.5. The molecule has 1 fully saturated rings. The molecular formula is C20H24N2O8. The van der Waals surface area contributed by atoms with E-state index in [9.17, 15) is 19.2 Å². The van der Waals surface area contributed by atoms with E-state index in [4.69, 9.17) is 19.3 Å². The highest BCUT2D eigenvalue weighted by molar-refractivity contribution is 6.14. The molecule has 1 aromatic rings. The van der Waals surface area contributed by atoms with Gasteiger partial charge in [0, 0.05) is 19.2 Å². The monoisotopic (exact) mass is 420 g/mol. The van der Waals surface area contributed by atoms with Gasteiger partial charge in [-0.1, -0.05) is 0 Å². The Balaban J connectivity index is 2.31. The minimum Gasteiger partial charge on any atom is -0.494 e. The van der Waals surface area contributed by atoms with Gasteiger partial charge in [-0.2, -0.15) is 0 Å². The summed E-state index contributed by atoms with van der Waals surface area (Å²) in [7, 11) is 0. The summed E-state index contributed by atoms with van der Waals surface area (Å²) >= 11 is 0. The summed E-state index contributed by atoms with van der Waals surface area (Å²) in [6.07, 6.45) is -2.12. The number of nitrogens with one attached hydrogen (secondary N) is 1. The Morgan fingerprint density at radius 1 is 1.37 bits per heavy atom. The van der Waals surface area contributed by atoms with E-state index in [-0.39, 0.29) is 30.9 Å². The number of likely N-dealkylation sites (tertiary alicyclic amines) is 1. The SMILES string of the molecule is CCNC(=O)[C@@H](O[C@@H]1CCN(C(=O)O)C1)C(=O)c1ccc(OCC)cc1OC=C=O. The number of benzene rings is 1. The topological polar surface area (TPSA) is 131 Å². The Labute approximate surface area is 173 Å². The van der Waals surface area contributed by atoms with Crippen LogP contribution in [0.4, 0.5) is 4.79 Å². The molecule has 30 heavy (non-hydrogen) atoms. The standard InChI is InChI=1S/C20H24N2O8/c1-3-21-19(25)18(30-14-7-8-22(12-14)20(26)27)17(24)15-6-5-13(28-4-2)11-16(15)29-10-9-23/h5-6,10-11,14,18H,3-4,7-8,12H2,1-2H3,(H,21,25)(H,26,27)/t14-,18+/m1/s1. The third kappa shape index (κ3) is 5.82. The van der Waals surface area contributed by atoms with Crippen molar-refractivity contribution in [2.24, 2.45) is 0 Å². The van der Waals surface area contributed by atoms with Crippen molar-refractivity contribution in [1.82, 2.24) is 10.2 Å². The number of amides is 2. The lowest BCUT2D eigenvalue weighted by Crippen LogP contribution is -2.44. The minimum absolute atomic E-state index is 0.00535. The zero-order valence-electron chi connectivity index (χ0n) is 16.8. The highest BCUT2D eigenvalue weighted by atomic mass is 16.5. The third-order valence-corrected chi connectivity index (χ3v) is 4.33. The molecule has 1 heterocycles. The zero-order chi connectivity index (χ0) is 22.1. The van der Waals surface area contributed by atoms with Crippen molar-refractivity contribution in [3.63, 3.8) is 0 Å². The van der Waals surface area contributed by atoms with E-state index < -0.39 is 30.0 Å². The molecule has 0 aliphatic carbocycles. The van der Waals surface area contributed by atoms with E-state index in [1.807, 2.05) is 0 Å². The van der Waals surface area contributed by atoms with Gasteiger partial charge in [0.05, 0.1) is 24.8 Å². The van der Waals surface area contributed by atoms with Crippen molar-refractivity contribution < 1.29 is 38.5 Å². The molecule has 162 valence electrons. The summed E-state index contributed by atoms with van der Waals surface area (Å²) < 4.78 is 16.3. The van der Waals surface area contributed by atoms with Crippen molar-refractivity contribution in [3.05, 3.63) is 30.0 Å². The van der Waals surface area contributed by atoms with Crippen LogP contribution < -0.4 is 14.8 Å². The number of nitrogens with zero attached hydrogens (tertiary/aromatic N) is 1. The van der Waals surface area contributed by atoms with Crippen LogP contribution in [-0.2, 0) is 14.3 Å². The summed E-state index contributed by atoms with van der Waals surface area (Å²) in [5, 5.41) is 11.6. The molecule has 0 aromatic heterocycles. The largest absolute Gasteiger partial charge is 0.494 e. The Morgan fingerprint density at radius 2 is 2.13 bits per heavy atom. The van der Waals surface area contributed by atoms with Crippen molar-refractivity contribution in [2.45, 2.75) is 32.5 Å². The smallest absolute Gasteiger partial charge is 0.407 e. The predicted molar refractivity (Wildman–Crippen MR) is 104 cm³/mol. The number of ketones is 1. The molecule has 10 heteroatoms. The molecule has 2 amide bonds. The third-order valence-electron chi connectivity index (χ3n) is 4.33. The molecule has 0 spiro atoms. The Kier molecular flexibility index (Phi) is 8.40. The summed E-state index contributed by atoms with van der Waals surface area (Å²) in [5.74, 6) is 0.535. The van der Waals surface area contributed by atoms with Crippen LogP contribution in [0.2, 0.25) is 0 Å². The molecule has 0 saturated carbocycles. The van der Waals surface area contributed by atoms with E-state index in [1.165, 1.54) is 24.1 Å². The molecule has 1 aromatic carbocycles. The van der Waals surface area contributed by atoms with E-state index in [1.54, 1.807) is 13.8 Å². The van der Waals surface area contributed by atoms with Crippen LogP contribution in [0.1, 0.15) is 30.6 Å². The van der Waals surface area contributed by atoms with Crippen LogP contribution in [0.25, 0.3) is 0 Å². The van der Waals surface area contributed by atoms with Gasteiger partial charge in [-0.25, -0.2) is 9.59 Å². The van der Waals surface area contributed by atoms with Crippen LogP contribution in [0.5, 0.6) is 11.5 Å². The number of rotatable bonds is 10. The molecule has 0 unspecified atom stereocenters. The second kappa shape index (κ2) is 11.0. The van der Waals surface area contributed by atoms with Gasteiger partial charge in [-0.3, -0.25) is 9.59 Å². The summed E-state index contributed by atoms with van der Waals surface area (Å²) in [5.41, 5.74) is 0.00861. The lowest BCUT2D eigenvalue weighted by atomic mass is 10.0. The van der Waals surface area contributed by atoms with Gasteiger partial charge >= 0.3 is 6.09 Å². The fourth-order valence-electron chi connectivity index (χ4n) is 3.00. The summed E-state index contributed by atoms with van der Waals surface area (Å²) in [6, 6.07) is 4.36. The van der Waals surface area contributed by atoms with Gasteiger partial charge in [0.1, 0.15) is 11.5 Å². The van der Waals surface area contributed by atoms with Crippen molar-refractivity contribution >= 4 is 23.7 Å². The van der Waals surface area contributed by atoms with Gasteiger partial charge in [0.15, 0.2) is 18.3 Å². The fraction of sp³-hybridized carbons (Fsp3) is 0.450. The van der Waals surface area contributed by atoms with Crippen LogP contribution in [0.15, 0.2) is 24.5 Å². The average Bonchev–Trinajstić information content (AvgIpc) is 3.19. The van der Waals surface area contributed by atoms with Gasteiger partial charge in [0.25, 0.3) is 5.91 Å². The maximum atomic E-state index is 13.2. The lowest BCUT2D eigenvalue weighted by molar-refractivity contribution is -0.132. The first-order valence-electron chi connectivity index (χ1n) is 9.49. The maximum absolute atomic E-state index is 13.2. The molecule has 2 rings (SSSR count). The lowest BCUT2D eigenvalue weighted by Gasteiger charge is -2.21. The van der Waals surface area contributed by atoms with Crippen molar-refractivity contribution in [2.75, 3.05) is 26.2 Å². The molecular weight excluding hydrogens is 396 g/mol. The molecule has 10 nitrogen and oxygen atoms in total. The first-order chi connectivity index (χ1) is 14.4. The molecule has 0 radical (unpaired) electrons. The molecule has 1 aliphatic rings. The highest BCUT2D eigenvalue weighted by Crippen LogP contribution is 2.28. The number of ether oxygens (including phenoxy) is 3. The number of carboxylic acid groups (broad SMARTS) is 1. The number of hydrogen-bond donors (Lipinski definition) is 2. The maximum Gasteiger partial charge on any atom is 0.407 e. The van der Waals surface area contributed by atoms with E-state index in [0.29, 0.717) is 18.8 Å². The quantitative estimate of drug-likeness (QED) is 0.250. The Bertz CT molecular complexity index is 834. The van der Waals surface area contributed by atoms with E-state index >= 15 is 0 Å². The first-order valence-corrected chi connectivity index (χ1v) is 9.49. The van der Waals surface area contributed by atoms with Crippen LogP contribution in [0, 0.1) is 0 Å². The Morgan fingerprint density at radius 3 is 2.73 bits per heavy atom. The van der Waals surface area contributed by atoms with Crippen LogP contribution in [-0.4, -0.2) is 72.2 Å². The summed E-state index contributed by atoms with van der Waals surface area (Å²) in [6.45, 7) is 4.44. The molecule has 2 atom stereocenters. The normalized spacial score (nSPS) is 16.3. The molecule has 1 aliphatic heterocycles. The molecule has 0 bridgehead atoms. The van der Waals surface area contributed by atoms with E-state index in [0.717, 1.165) is 11.2 Å². The van der Waals surface area contributed by atoms with E-state index in [2.05, 4.69) is 5.32 Å². The number of carbonyl (C=O) groups is 3. The number of likely N-dealkylation sites (N-methyl/N-ethyl adjacent to an activating group) is 1. The zero-order valence-corrected chi connectivity index (χ0v) is 16.8. The van der Waals surface area contributed by atoms with Gasteiger partial charge < -0.3 is 29.5 Å². The second-order valence-electron chi connectivity index (χ2n) is 6.36. The minimum atomic E-state index is -1.51. The second-order valence-corrected chi connectivity index (χ2v) is 6.36. The van der Waals surface area contributed by atoms with Crippen molar-refractivity contribution in [3.8, 4) is 11.5 Å². The Hall–Kier alpha value is -3.36. The number of carbonyl (C=O) groups excluding carboxylic acids is 3. The first kappa shape index (κ1) is 22.9. The van der Waals surface area contributed by atoms with Gasteiger partial charge in [0.2, 0.25) is 5.78 Å².